The van der Waals surface area contributed by atoms with E-state index < -0.39 is 5.97 Å². The molecule has 204 valence electrons. The zero-order valence-electron chi connectivity index (χ0n) is 22.3. The summed E-state index contributed by atoms with van der Waals surface area (Å²) in [5.74, 6) is 0.186. The minimum Gasteiger partial charge on any atom is -0.483 e. The average molecular weight is 569 g/mol. The van der Waals surface area contributed by atoms with Gasteiger partial charge < -0.3 is 19.4 Å². The lowest BCUT2D eigenvalue weighted by Gasteiger charge is -2.16. The second kappa shape index (κ2) is 12.4. The number of carbonyl (C=O) groups is 2. The number of aryl methyl sites for hydroxylation is 2. The van der Waals surface area contributed by atoms with Crippen LogP contribution in [0, 0.1) is 19.7 Å². The third-order valence-electron chi connectivity index (χ3n) is 5.85. The largest absolute Gasteiger partial charge is 0.483 e. The zero-order valence-corrected chi connectivity index (χ0v) is 23.9. The van der Waals surface area contributed by atoms with Gasteiger partial charge in [-0.05, 0) is 68.7 Å². The number of nitrogens with one attached hydrogen (secondary N) is 1. The number of thioether (sulfide) groups is 1. The summed E-state index contributed by atoms with van der Waals surface area (Å²) in [5.41, 5.74) is 3.65. The molecule has 8 nitrogen and oxygen atoms in total. The van der Waals surface area contributed by atoms with Gasteiger partial charge in [0, 0.05) is 17.5 Å². The normalized spacial score (nSPS) is 11.7. The number of carbonyl (C=O) groups excluding carboxylic acids is 2. The molecule has 0 saturated carbocycles. The number of amides is 1. The number of halogens is 1. The van der Waals surface area contributed by atoms with Crippen LogP contribution >= 0.6 is 23.1 Å². The summed E-state index contributed by atoms with van der Waals surface area (Å²) in [4.78, 5) is 25.4. The number of aromatic nitrogens is 3. The number of methoxy groups -OCH3 is 1. The predicted octanol–water partition coefficient (Wildman–Crippen LogP) is 6.44. The van der Waals surface area contributed by atoms with E-state index in [9.17, 15) is 14.0 Å². The molecule has 2 aromatic carbocycles. The summed E-state index contributed by atoms with van der Waals surface area (Å²) in [7, 11) is 1.27. The van der Waals surface area contributed by atoms with Crippen LogP contribution in [0.25, 0.3) is 11.1 Å². The highest BCUT2D eigenvalue weighted by molar-refractivity contribution is 7.99. The maximum Gasteiger partial charge on any atom is 0.341 e. The summed E-state index contributed by atoms with van der Waals surface area (Å²) in [6, 6.07) is 11.8. The topological polar surface area (TPSA) is 95.3 Å². The molecular weight excluding hydrogens is 539 g/mol. The van der Waals surface area contributed by atoms with Crippen LogP contribution in [0.5, 0.6) is 5.75 Å². The Kier molecular flexibility index (Phi) is 9.03. The number of esters is 1. The Morgan fingerprint density at radius 3 is 2.46 bits per heavy atom. The fourth-order valence-corrected chi connectivity index (χ4v) is 5.93. The standard InChI is InChI=1S/C28H29FN4O4S2/c1-6-33-25(18(4)37-21-12-16(2)11-17(3)13-21)31-32-28(33)39-15-23(34)30-26-24(27(35)36-5)22(14-38-26)19-7-9-20(29)10-8-19/h7-14,18H,6,15H2,1-5H3,(H,30,34). The molecule has 1 amide bonds. The van der Waals surface area contributed by atoms with Gasteiger partial charge in [-0.25, -0.2) is 9.18 Å². The molecule has 1 unspecified atom stereocenters. The van der Waals surface area contributed by atoms with E-state index in [0.717, 1.165) is 16.9 Å². The smallest absolute Gasteiger partial charge is 0.341 e. The van der Waals surface area contributed by atoms with Gasteiger partial charge >= 0.3 is 5.97 Å². The number of anilines is 1. The van der Waals surface area contributed by atoms with Crippen molar-refractivity contribution in [1.29, 1.82) is 0 Å². The van der Waals surface area contributed by atoms with Crippen LogP contribution in [-0.2, 0) is 16.1 Å². The Bertz CT molecular complexity index is 1460. The molecule has 4 aromatic rings. The molecule has 1 N–H and O–H groups in total. The highest BCUT2D eigenvalue weighted by Crippen LogP contribution is 2.36. The summed E-state index contributed by atoms with van der Waals surface area (Å²) in [6.45, 7) is 8.54. The van der Waals surface area contributed by atoms with Gasteiger partial charge in [-0.15, -0.1) is 21.5 Å². The van der Waals surface area contributed by atoms with E-state index in [0.29, 0.717) is 33.7 Å². The first-order chi connectivity index (χ1) is 18.7. The number of hydrogen-bond acceptors (Lipinski definition) is 8. The van der Waals surface area contributed by atoms with Gasteiger partial charge in [0.2, 0.25) is 5.91 Å². The molecule has 0 aliphatic heterocycles. The van der Waals surface area contributed by atoms with E-state index in [-0.39, 0.29) is 29.1 Å². The van der Waals surface area contributed by atoms with Crippen LogP contribution in [0.15, 0.2) is 53.0 Å². The van der Waals surface area contributed by atoms with Crippen molar-refractivity contribution in [3.8, 4) is 16.9 Å². The summed E-state index contributed by atoms with van der Waals surface area (Å²) < 4.78 is 26.4. The molecule has 0 saturated heterocycles. The highest BCUT2D eigenvalue weighted by Gasteiger charge is 2.24. The number of hydrogen-bond donors (Lipinski definition) is 1. The molecule has 0 radical (unpaired) electrons. The van der Waals surface area contributed by atoms with Crippen molar-refractivity contribution < 1.29 is 23.5 Å². The fraction of sp³-hybridized carbons (Fsp3) is 0.286. The number of thiophene rings is 1. The molecule has 0 spiro atoms. The summed E-state index contributed by atoms with van der Waals surface area (Å²) >= 11 is 2.44. The monoisotopic (exact) mass is 568 g/mol. The lowest BCUT2D eigenvalue weighted by atomic mass is 10.0. The van der Waals surface area contributed by atoms with E-state index in [4.69, 9.17) is 9.47 Å². The van der Waals surface area contributed by atoms with Crippen molar-refractivity contribution in [2.45, 2.75) is 45.5 Å². The minimum absolute atomic E-state index is 0.0504. The van der Waals surface area contributed by atoms with Crippen molar-refractivity contribution in [3.05, 3.63) is 76.2 Å². The molecule has 1 atom stereocenters. The average Bonchev–Trinajstić information content (AvgIpc) is 3.51. The molecule has 0 aliphatic rings. The Morgan fingerprint density at radius 1 is 1.13 bits per heavy atom. The first kappa shape index (κ1) is 28.3. The SMILES string of the molecule is CCn1c(SCC(=O)Nc2scc(-c3ccc(F)cc3)c2C(=O)OC)nnc1C(C)Oc1cc(C)cc(C)c1. The molecule has 2 aromatic heterocycles. The van der Waals surface area contributed by atoms with Crippen molar-refractivity contribution in [3.63, 3.8) is 0 Å². The Morgan fingerprint density at radius 2 is 1.82 bits per heavy atom. The zero-order chi connectivity index (χ0) is 28.1. The van der Waals surface area contributed by atoms with E-state index in [2.05, 4.69) is 21.6 Å². The van der Waals surface area contributed by atoms with Crippen molar-refractivity contribution in [2.75, 3.05) is 18.2 Å². The number of rotatable bonds is 10. The van der Waals surface area contributed by atoms with Gasteiger partial charge in [0.05, 0.1) is 12.9 Å². The number of nitrogens with zero attached hydrogens (tertiary/aromatic N) is 3. The summed E-state index contributed by atoms with van der Waals surface area (Å²) in [5, 5.41) is 14.1. The van der Waals surface area contributed by atoms with Crippen molar-refractivity contribution in [1.82, 2.24) is 14.8 Å². The highest BCUT2D eigenvalue weighted by atomic mass is 32.2. The van der Waals surface area contributed by atoms with E-state index in [1.54, 1.807) is 17.5 Å². The van der Waals surface area contributed by atoms with E-state index in [1.165, 1.54) is 42.3 Å². The predicted molar refractivity (Wildman–Crippen MR) is 151 cm³/mol. The van der Waals surface area contributed by atoms with E-state index >= 15 is 0 Å². The quantitative estimate of drug-likeness (QED) is 0.174. The Balaban J connectivity index is 1.46. The molecular formula is C28H29FN4O4S2. The molecule has 4 rings (SSSR count). The lowest BCUT2D eigenvalue weighted by Crippen LogP contribution is -2.17. The number of benzene rings is 2. The van der Waals surface area contributed by atoms with Gasteiger partial charge in [0.1, 0.15) is 22.1 Å². The van der Waals surface area contributed by atoms with Crippen LogP contribution in [0.1, 0.15) is 47.3 Å². The van der Waals surface area contributed by atoms with Crippen LogP contribution < -0.4 is 10.1 Å². The third-order valence-corrected chi connectivity index (χ3v) is 7.72. The molecule has 11 heteroatoms. The van der Waals surface area contributed by atoms with Gasteiger partial charge in [0.15, 0.2) is 17.1 Å². The number of ether oxygens (including phenoxy) is 2. The van der Waals surface area contributed by atoms with Gasteiger partial charge in [-0.1, -0.05) is 30.0 Å². The molecule has 39 heavy (non-hydrogen) atoms. The van der Waals surface area contributed by atoms with Crippen molar-refractivity contribution in [2.24, 2.45) is 0 Å². The maximum atomic E-state index is 13.4. The van der Waals surface area contributed by atoms with Crippen LogP contribution in [0.2, 0.25) is 0 Å². The van der Waals surface area contributed by atoms with Gasteiger partial charge in [0.25, 0.3) is 0 Å². The molecule has 0 bridgehead atoms. The second-order valence-electron chi connectivity index (χ2n) is 8.86. The molecule has 0 aliphatic carbocycles. The van der Waals surface area contributed by atoms with E-state index in [1.807, 2.05) is 44.4 Å². The van der Waals surface area contributed by atoms with Crippen LogP contribution in [0.4, 0.5) is 9.39 Å². The molecule has 0 fully saturated rings. The lowest BCUT2D eigenvalue weighted by molar-refractivity contribution is -0.113. The third kappa shape index (κ3) is 6.66. The molecule has 2 heterocycles. The summed E-state index contributed by atoms with van der Waals surface area (Å²) in [6.07, 6.45) is -0.347. The minimum atomic E-state index is -0.591. The first-order valence-electron chi connectivity index (χ1n) is 12.3. The fourth-order valence-electron chi connectivity index (χ4n) is 4.15. The van der Waals surface area contributed by atoms with Crippen molar-refractivity contribution >= 4 is 40.0 Å². The Labute approximate surface area is 234 Å². The van der Waals surface area contributed by atoms with Gasteiger partial charge in [-0.2, -0.15) is 0 Å². The van der Waals surface area contributed by atoms with Crippen LogP contribution in [0.3, 0.4) is 0 Å². The van der Waals surface area contributed by atoms with Gasteiger partial charge in [-0.3, -0.25) is 4.79 Å². The van der Waals surface area contributed by atoms with Crippen LogP contribution in [-0.4, -0.2) is 39.5 Å². The first-order valence-corrected chi connectivity index (χ1v) is 14.1. The maximum absolute atomic E-state index is 13.4. The Hall–Kier alpha value is -3.70. The second-order valence-corrected chi connectivity index (χ2v) is 10.7.